The van der Waals surface area contributed by atoms with Gasteiger partial charge in [0, 0.05) is 18.1 Å². The van der Waals surface area contributed by atoms with Crippen LogP contribution in [0.2, 0.25) is 0 Å². The highest BCUT2D eigenvalue weighted by Crippen LogP contribution is 2.39. The molecule has 0 aromatic heterocycles. The third kappa shape index (κ3) is 3.53. The third-order valence-electron chi connectivity index (χ3n) is 4.72. The monoisotopic (exact) mass is 282 g/mol. The van der Waals surface area contributed by atoms with E-state index in [9.17, 15) is 9.90 Å². The molecule has 0 heterocycles. The first-order chi connectivity index (χ1) is 9.48. The molecule has 0 aromatic carbocycles. The number of unbranched alkanes of at least 4 members (excludes halogenated alkanes) is 1. The van der Waals surface area contributed by atoms with Gasteiger partial charge in [0.05, 0.1) is 0 Å². The lowest BCUT2D eigenvalue weighted by Crippen LogP contribution is -2.54. The largest absolute Gasteiger partial charge is 0.480 e. The average Bonchev–Trinajstić information content (AvgIpc) is 3.11. The Labute approximate surface area is 122 Å². The molecule has 0 aromatic rings. The number of carbonyl (C=O) groups is 1. The Morgan fingerprint density at radius 1 is 1.35 bits per heavy atom. The van der Waals surface area contributed by atoms with Crippen molar-refractivity contribution in [1.29, 1.82) is 0 Å². The minimum absolute atomic E-state index is 0.217. The van der Waals surface area contributed by atoms with E-state index in [4.69, 9.17) is 0 Å². The van der Waals surface area contributed by atoms with Crippen LogP contribution in [0.25, 0.3) is 0 Å². The number of hydrogen-bond acceptors (Lipinski definition) is 3. The number of hydrogen-bond donors (Lipinski definition) is 2. The minimum atomic E-state index is -0.696. The molecule has 0 amide bonds. The van der Waals surface area contributed by atoms with Crippen LogP contribution in [-0.2, 0) is 4.79 Å². The Balaban J connectivity index is 2.02. The Morgan fingerprint density at radius 2 is 2.05 bits per heavy atom. The molecule has 2 aliphatic rings. The summed E-state index contributed by atoms with van der Waals surface area (Å²) in [4.78, 5) is 14.4. The molecule has 20 heavy (non-hydrogen) atoms. The van der Waals surface area contributed by atoms with Crippen molar-refractivity contribution < 1.29 is 9.90 Å². The SMILES string of the molecule is CCCCN(C1CC1)C1CCC(NC(C)C)(C(=O)O)C1. The Hall–Kier alpha value is -0.610. The molecule has 0 bridgehead atoms. The van der Waals surface area contributed by atoms with Crippen LogP contribution in [0.5, 0.6) is 0 Å². The highest BCUT2D eigenvalue weighted by atomic mass is 16.4. The fourth-order valence-corrected chi connectivity index (χ4v) is 3.65. The van der Waals surface area contributed by atoms with Gasteiger partial charge in [0.15, 0.2) is 0 Å². The maximum Gasteiger partial charge on any atom is 0.323 e. The number of carboxylic acid groups (broad SMARTS) is 1. The van der Waals surface area contributed by atoms with Crippen molar-refractivity contribution in [2.45, 2.75) is 89.4 Å². The van der Waals surface area contributed by atoms with Gasteiger partial charge in [-0.2, -0.15) is 0 Å². The molecule has 2 rings (SSSR count). The minimum Gasteiger partial charge on any atom is -0.480 e. The van der Waals surface area contributed by atoms with Crippen molar-refractivity contribution in [3.05, 3.63) is 0 Å². The van der Waals surface area contributed by atoms with Crippen LogP contribution >= 0.6 is 0 Å². The van der Waals surface area contributed by atoms with E-state index in [2.05, 4.69) is 17.1 Å². The summed E-state index contributed by atoms with van der Waals surface area (Å²) in [6, 6.07) is 1.40. The third-order valence-corrected chi connectivity index (χ3v) is 4.72. The summed E-state index contributed by atoms with van der Waals surface area (Å²) in [6.45, 7) is 7.44. The van der Waals surface area contributed by atoms with Gasteiger partial charge in [-0.25, -0.2) is 0 Å². The van der Waals surface area contributed by atoms with Gasteiger partial charge >= 0.3 is 5.97 Å². The van der Waals surface area contributed by atoms with Crippen molar-refractivity contribution in [3.8, 4) is 0 Å². The van der Waals surface area contributed by atoms with Crippen LogP contribution in [0.1, 0.15) is 65.7 Å². The summed E-state index contributed by atoms with van der Waals surface area (Å²) < 4.78 is 0. The number of rotatable bonds is 8. The zero-order valence-corrected chi connectivity index (χ0v) is 13.2. The number of nitrogens with one attached hydrogen (secondary N) is 1. The normalized spacial score (nSPS) is 30.4. The second-order valence-electron chi connectivity index (χ2n) is 6.91. The molecule has 4 heteroatoms. The molecule has 2 unspecified atom stereocenters. The molecular formula is C16H30N2O2. The smallest absolute Gasteiger partial charge is 0.323 e. The molecule has 2 saturated carbocycles. The number of carboxylic acids is 1. The summed E-state index contributed by atoms with van der Waals surface area (Å²) in [5.41, 5.74) is -0.696. The van der Waals surface area contributed by atoms with E-state index in [1.165, 1.54) is 25.7 Å². The highest BCUT2D eigenvalue weighted by molar-refractivity contribution is 5.79. The predicted molar refractivity (Wildman–Crippen MR) is 80.9 cm³/mol. The Bertz CT molecular complexity index is 341. The average molecular weight is 282 g/mol. The van der Waals surface area contributed by atoms with Gasteiger partial charge in [0.2, 0.25) is 0 Å². The molecule has 2 fully saturated rings. The van der Waals surface area contributed by atoms with E-state index < -0.39 is 11.5 Å². The van der Waals surface area contributed by atoms with E-state index >= 15 is 0 Å². The van der Waals surface area contributed by atoms with Crippen LogP contribution in [0.15, 0.2) is 0 Å². The fourth-order valence-electron chi connectivity index (χ4n) is 3.65. The van der Waals surface area contributed by atoms with Gasteiger partial charge in [-0.1, -0.05) is 13.3 Å². The first kappa shape index (κ1) is 15.8. The zero-order chi connectivity index (χ0) is 14.8. The topological polar surface area (TPSA) is 52.6 Å². The van der Waals surface area contributed by atoms with E-state index in [-0.39, 0.29) is 6.04 Å². The van der Waals surface area contributed by atoms with Gasteiger partial charge < -0.3 is 5.11 Å². The van der Waals surface area contributed by atoms with Crippen molar-refractivity contribution in [3.63, 3.8) is 0 Å². The molecule has 0 radical (unpaired) electrons. The van der Waals surface area contributed by atoms with Gasteiger partial charge in [0.25, 0.3) is 0 Å². The van der Waals surface area contributed by atoms with E-state index in [0.29, 0.717) is 6.04 Å². The van der Waals surface area contributed by atoms with Crippen LogP contribution in [0, 0.1) is 0 Å². The molecule has 2 N–H and O–H groups in total. The van der Waals surface area contributed by atoms with Crippen LogP contribution in [0.4, 0.5) is 0 Å². The number of aliphatic carboxylic acids is 1. The molecule has 0 spiro atoms. The molecule has 116 valence electrons. The van der Waals surface area contributed by atoms with Crippen LogP contribution in [0.3, 0.4) is 0 Å². The van der Waals surface area contributed by atoms with Gasteiger partial charge in [-0.05, 0) is 58.9 Å². The lowest BCUT2D eigenvalue weighted by atomic mass is 9.96. The lowest BCUT2D eigenvalue weighted by Gasteiger charge is -2.32. The number of nitrogens with zero attached hydrogens (tertiary/aromatic N) is 1. The van der Waals surface area contributed by atoms with Crippen molar-refractivity contribution >= 4 is 5.97 Å². The maximum absolute atomic E-state index is 11.7. The molecule has 4 nitrogen and oxygen atoms in total. The fraction of sp³-hybridized carbons (Fsp3) is 0.938. The second kappa shape index (κ2) is 6.44. The van der Waals surface area contributed by atoms with Gasteiger partial charge in [0.1, 0.15) is 5.54 Å². The van der Waals surface area contributed by atoms with Crippen LogP contribution < -0.4 is 5.32 Å². The van der Waals surface area contributed by atoms with Gasteiger partial charge in [-0.15, -0.1) is 0 Å². The molecule has 2 aliphatic carbocycles. The zero-order valence-electron chi connectivity index (χ0n) is 13.2. The van der Waals surface area contributed by atoms with E-state index in [0.717, 1.165) is 31.8 Å². The lowest BCUT2D eigenvalue weighted by molar-refractivity contribution is -0.145. The highest BCUT2D eigenvalue weighted by Gasteiger charge is 2.49. The maximum atomic E-state index is 11.7. The summed E-state index contributed by atoms with van der Waals surface area (Å²) >= 11 is 0. The van der Waals surface area contributed by atoms with Crippen LogP contribution in [-0.4, -0.2) is 46.2 Å². The Kier molecular flexibility index (Phi) is 5.08. The van der Waals surface area contributed by atoms with Gasteiger partial charge in [-0.3, -0.25) is 15.0 Å². The summed E-state index contributed by atoms with van der Waals surface area (Å²) in [5, 5.41) is 13.0. The quantitative estimate of drug-likeness (QED) is 0.718. The Morgan fingerprint density at radius 3 is 2.55 bits per heavy atom. The van der Waals surface area contributed by atoms with E-state index in [1.54, 1.807) is 0 Å². The molecule has 0 saturated heterocycles. The predicted octanol–water partition coefficient (Wildman–Crippen LogP) is 2.62. The van der Waals surface area contributed by atoms with Crippen molar-refractivity contribution in [1.82, 2.24) is 10.2 Å². The standard InChI is InChI=1S/C16H30N2O2/c1-4-5-10-18(13-6-7-13)14-8-9-16(11-14,15(19)20)17-12(2)3/h12-14,17H,4-11H2,1-3H3,(H,19,20). The summed E-state index contributed by atoms with van der Waals surface area (Å²) in [6.07, 6.45) is 7.60. The summed E-state index contributed by atoms with van der Waals surface area (Å²) in [5.74, 6) is -0.667. The first-order valence-corrected chi connectivity index (χ1v) is 8.25. The molecule has 2 atom stereocenters. The molecule has 0 aliphatic heterocycles. The van der Waals surface area contributed by atoms with E-state index in [1.807, 2.05) is 13.8 Å². The molecular weight excluding hydrogens is 252 g/mol. The van der Waals surface area contributed by atoms with Crippen molar-refractivity contribution in [2.24, 2.45) is 0 Å². The summed E-state index contributed by atoms with van der Waals surface area (Å²) in [7, 11) is 0. The first-order valence-electron chi connectivity index (χ1n) is 8.25. The second-order valence-corrected chi connectivity index (χ2v) is 6.91. The van der Waals surface area contributed by atoms with Crippen molar-refractivity contribution in [2.75, 3.05) is 6.54 Å².